The zero-order valence-electron chi connectivity index (χ0n) is 13.6. The number of carbonyl (C=O) groups excluding carboxylic acids is 1. The number of hydrogen-bond donors (Lipinski definition) is 1. The highest BCUT2D eigenvalue weighted by Gasteiger charge is 2.35. The fourth-order valence-corrected chi connectivity index (χ4v) is 3.52. The third-order valence-corrected chi connectivity index (χ3v) is 4.71. The second-order valence-corrected chi connectivity index (χ2v) is 6.32. The van der Waals surface area contributed by atoms with Gasteiger partial charge in [-0.2, -0.15) is 10.1 Å². The zero-order chi connectivity index (χ0) is 16.5. The van der Waals surface area contributed by atoms with Crippen LogP contribution >= 0.6 is 0 Å². The number of nitrogens with one attached hydrogen (secondary N) is 1. The second-order valence-electron chi connectivity index (χ2n) is 6.32. The Hall–Kier alpha value is -2.63. The summed E-state index contributed by atoms with van der Waals surface area (Å²) in [4.78, 5) is 17.1. The predicted octanol–water partition coefficient (Wildman–Crippen LogP) is 3.05. The number of carbonyl (C=O) groups is 1. The molecule has 2 aliphatic rings. The van der Waals surface area contributed by atoms with Crippen molar-refractivity contribution in [1.29, 1.82) is 0 Å². The van der Waals surface area contributed by atoms with Gasteiger partial charge in [-0.3, -0.25) is 0 Å². The Morgan fingerprint density at radius 3 is 2.75 bits per heavy atom. The summed E-state index contributed by atoms with van der Waals surface area (Å²) in [5.41, 5.74) is 2.36. The molecule has 1 aliphatic carbocycles. The molecule has 6 heteroatoms. The van der Waals surface area contributed by atoms with Crippen molar-refractivity contribution in [2.45, 2.75) is 44.8 Å². The fraction of sp³-hybridized carbons (Fsp3) is 0.389. The number of rotatable bonds is 3. The summed E-state index contributed by atoms with van der Waals surface area (Å²) in [7, 11) is 0. The molecular weight excluding hydrogens is 304 g/mol. The van der Waals surface area contributed by atoms with Gasteiger partial charge < -0.3 is 10.1 Å². The average molecular weight is 324 g/mol. The van der Waals surface area contributed by atoms with Crippen LogP contribution in [0.4, 0.5) is 5.95 Å². The van der Waals surface area contributed by atoms with Gasteiger partial charge in [0.15, 0.2) is 0 Å². The highest BCUT2D eigenvalue weighted by Crippen LogP contribution is 2.35. The van der Waals surface area contributed by atoms with Crippen LogP contribution in [-0.2, 0) is 9.53 Å². The van der Waals surface area contributed by atoms with Gasteiger partial charge in [-0.25, -0.2) is 9.48 Å². The third-order valence-electron chi connectivity index (χ3n) is 4.71. The number of hydrogen-bond acceptors (Lipinski definition) is 5. The van der Waals surface area contributed by atoms with Gasteiger partial charge in [0.05, 0.1) is 5.57 Å². The smallest absolute Gasteiger partial charge is 0.338 e. The fourth-order valence-electron chi connectivity index (χ4n) is 3.52. The van der Waals surface area contributed by atoms with E-state index in [0.717, 1.165) is 36.9 Å². The number of fused-ring (bicyclic) bond motifs is 1. The first-order valence-corrected chi connectivity index (χ1v) is 8.37. The van der Waals surface area contributed by atoms with Gasteiger partial charge in [0.25, 0.3) is 0 Å². The molecule has 4 rings (SSSR count). The summed E-state index contributed by atoms with van der Waals surface area (Å²) < 4.78 is 7.51. The van der Waals surface area contributed by atoms with E-state index in [1.807, 2.05) is 37.3 Å². The average Bonchev–Trinajstić information content (AvgIpc) is 3.25. The van der Waals surface area contributed by atoms with Crippen molar-refractivity contribution in [2.75, 3.05) is 5.32 Å². The molecule has 0 saturated heterocycles. The molecule has 1 aliphatic heterocycles. The number of aromatic nitrogens is 3. The van der Waals surface area contributed by atoms with Gasteiger partial charge in [-0.1, -0.05) is 30.3 Å². The normalized spacial score (nSPS) is 20.6. The largest absolute Gasteiger partial charge is 0.459 e. The lowest BCUT2D eigenvalue weighted by molar-refractivity contribution is -0.144. The van der Waals surface area contributed by atoms with Crippen molar-refractivity contribution in [1.82, 2.24) is 14.8 Å². The monoisotopic (exact) mass is 324 g/mol. The number of esters is 1. The predicted molar refractivity (Wildman–Crippen MR) is 89.3 cm³/mol. The van der Waals surface area contributed by atoms with Crippen LogP contribution in [0.25, 0.3) is 0 Å². The molecule has 1 fully saturated rings. The molecule has 1 saturated carbocycles. The van der Waals surface area contributed by atoms with E-state index in [9.17, 15) is 4.79 Å². The first-order chi connectivity index (χ1) is 11.7. The maximum atomic E-state index is 12.9. The van der Waals surface area contributed by atoms with E-state index in [1.165, 1.54) is 6.33 Å². The quantitative estimate of drug-likeness (QED) is 0.879. The van der Waals surface area contributed by atoms with Gasteiger partial charge in [0.1, 0.15) is 18.5 Å². The summed E-state index contributed by atoms with van der Waals surface area (Å²) in [5, 5.41) is 7.48. The second kappa shape index (κ2) is 6.11. The molecule has 2 heterocycles. The molecule has 1 aromatic heterocycles. The SMILES string of the molecule is CC1=C(C(=O)OC2CCCC2)[C@@H](c2ccccc2)n2ncnc2N1. The number of anilines is 1. The van der Waals surface area contributed by atoms with Crippen molar-refractivity contribution < 1.29 is 9.53 Å². The third kappa shape index (κ3) is 2.58. The lowest BCUT2D eigenvalue weighted by Crippen LogP contribution is -2.31. The molecule has 0 spiro atoms. The zero-order valence-corrected chi connectivity index (χ0v) is 13.6. The van der Waals surface area contributed by atoms with E-state index in [1.54, 1.807) is 4.68 Å². The molecular formula is C18H20N4O2. The Morgan fingerprint density at radius 2 is 2.00 bits per heavy atom. The van der Waals surface area contributed by atoms with Gasteiger partial charge in [-0.05, 0) is 38.2 Å². The Kier molecular flexibility index (Phi) is 3.80. The van der Waals surface area contributed by atoms with Crippen LogP contribution in [0.2, 0.25) is 0 Å². The summed E-state index contributed by atoms with van der Waals surface area (Å²) in [5.74, 6) is 0.376. The number of benzene rings is 1. The molecule has 0 bridgehead atoms. The molecule has 0 radical (unpaired) electrons. The lowest BCUT2D eigenvalue weighted by atomic mass is 9.96. The van der Waals surface area contributed by atoms with Crippen molar-refractivity contribution in [3.63, 3.8) is 0 Å². The molecule has 2 aromatic rings. The minimum absolute atomic E-state index is 0.0337. The van der Waals surface area contributed by atoms with Crippen LogP contribution in [0, 0.1) is 0 Å². The molecule has 24 heavy (non-hydrogen) atoms. The summed E-state index contributed by atoms with van der Waals surface area (Å²) in [6.07, 6.45) is 5.70. The van der Waals surface area contributed by atoms with Crippen LogP contribution in [0.5, 0.6) is 0 Å². The number of ether oxygens (including phenoxy) is 1. The molecule has 1 atom stereocenters. The molecule has 1 aromatic carbocycles. The topological polar surface area (TPSA) is 69.0 Å². The molecule has 0 amide bonds. The Morgan fingerprint density at radius 1 is 1.25 bits per heavy atom. The van der Waals surface area contributed by atoms with Crippen molar-refractivity contribution in [3.8, 4) is 0 Å². The van der Waals surface area contributed by atoms with Crippen molar-refractivity contribution in [2.24, 2.45) is 0 Å². The summed E-state index contributed by atoms with van der Waals surface area (Å²) in [6, 6.07) is 9.56. The minimum atomic E-state index is -0.321. The van der Waals surface area contributed by atoms with Gasteiger partial charge >= 0.3 is 5.97 Å². The van der Waals surface area contributed by atoms with Gasteiger partial charge in [0, 0.05) is 5.70 Å². The van der Waals surface area contributed by atoms with Gasteiger partial charge in [-0.15, -0.1) is 0 Å². The summed E-state index contributed by atoms with van der Waals surface area (Å²) >= 11 is 0. The van der Waals surface area contributed by atoms with Crippen LogP contribution in [0.3, 0.4) is 0 Å². The van der Waals surface area contributed by atoms with E-state index in [-0.39, 0.29) is 18.1 Å². The van der Waals surface area contributed by atoms with Crippen LogP contribution in [-0.4, -0.2) is 26.8 Å². The first-order valence-electron chi connectivity index (χ1n) is 8.37. The van der Waals surface area contributed by atoms with E-state index < -0.39 is 0 Å². The van der Waals surface area contributed by atoms with E-state index >= 15 is 0 Å². The first kappa shape index (κ1) is 14.9. The van der Waals surface area contributed by atoms with Crippen molar-refractivity contribution in [3.05, 3.63) is 53.5 Å². The van der Waals surface area contributed by atoms with Gasteiger partial charge in [0.2, 0.25) is 5.95 Å². The Labute approximate surface area is 140 Å². The molecule has 0 unspecified atom stereocenters. The lowest BCUT2D eigenvalue weighted by Gasteiger charge is -2.28. The van der Waals surface area contributed by atoms with Crippen LogP contribution in [0.1, 0.15) is 44.2 Å². The summed E-state index contributed by atoms with van der Waals surface area (Å²) in [6.45, 7) is 1.89. The number of allylic oxidation sites excluding steroid dienone is 1. The standard InChI is InChI=1S/C18H20N4O2/c1-12-15(17(23)24-14-9-5-6-10-14)16(13-7-3-2-4-8-13)22-18(21-12)19-11-20-22/h2-4,7-8,11,14,16H,5-6,9-10H2,1H3,(H,19,20,21)/t16-/m1/s1. The Bertz CT molecular complexity index is 775. The highest BCUT2D eigenvalue weighted by atomic mass is 16.5. The van der Waals surface area contributed by atoms with E-state index in [4.69, 9.17) is 4.74 Å². The van der Waals surface area contributed by atoms with E-state index in [2.05, 4.69) is 15.4 Å². The van der Waals surface area contributed by atoms with E-state index in [0.29, 0.717) is 11.5 Å². The molecule has 1 N–H and O–H groups in total. The Balaban J connectivity index is 1.73. The number of nitrogens with zero attached hydrogens (tertiary/aromatic N) is 3. The van der Waals surface area contributed by atoms with Crippen LogP contribution < -0.4 is 5.32 Å². The highest BCUT2D eigenvalue weighted by molar-refractivity contribution is 5.92. The minimum Gasteiger partial charge on any atom is -0.459 e. The maximum Gasteiger partial charge on any atom is 0.338 e. The molecule has 6 nitrogen and oxygen atoms in total. The van der Waals surface area contributed by atoms with Crippen molar-refractivity contribution >= 4 is 11.9 Å². The maximum absolute atomic E-state index is 12.9. The van der Waals surface area contributed by atoms with Crippen LogP contribution in [0.15, 0.2) is 47.9 Å². The molecule has 124 valence electrons.